The van der Waals surface area contributed by atoms with Gasteiger partial charge in [0.25, 0.3) is 0 Å². The molecule has 0 amide bonds. The Morgan fingerprint density at radius 3 is 1.89 bits per heavy atom. The molecule has 1 aliphatic rings. The predicted molar refractivity (Wildman–Crippen MR) is 151 cm³/mol. The van der Waals surface area contributed by atoms with Gasteiger partial charge in [-0.05, 0) is 82.1 Å². The lowest BCUT2D eigenvalue weighted by Crippen LogP contribution is -2.11. The number of phenols is 3. The Hall–Kier alpha value is -4.24. The largest absolute Gasteiger partial charge is 0.508 e. The van der Waals surface area contributed by atoms with Crippen LogP contribution >= 0.6 is 0 Å². The van der Waals surface area contributed by atoms with Crippen molar-refractivity contribution in [2.75, 3.05) is 0 Å². The molecule has 1 aliphatic carbocycles. The first kappa shape index (κ1) is 24.5. The van der Waals surface area contributed by atoms with Crippen molar-refractivity contribution in [3.8, 4) is 28.4 Å². The van der Waals surface area contributed by atoms with E-state index in [0.29, 0.717) is 5.92 Å². The van der Waals surface area contributed by atoms with Crippen LogP contribution in [0.3, 0.4) is 0 Å². The molecule has 4 aromatic rings. The van der Waals surface area contributed by atoms with E-state index in [1.807, 2.05) is 30.3 Å². The molecule has 186 valence electrons. The topological polar surface area (TPSA) is 60.7 Å². The summed E-state index contributed by atoms with van der Waals surface area (Å²) < 4.78 is 0. The van der Waals surface area contributed by atoms with Crippen molar-refractivity contribution in [2.45, 2.75) is 26.2 Å². The van der Waals surface area contributed by atoms with E-state index in [0.717, 1.165) is 39.8 Å². The molecule has 0 spiro atoms. The lowest BCUT2D eigenvalue weighted by Gasteiger charge is -2.24. The fourth-order valence-corrected chi connectivity index (χ4v) is 5.17. The molecule has 0 bridgehead atoms. The van der Waals surface area contributed by atoms with E-state index in [1.54, 1.807) is 30.3 Å². The van der Waals surface area contributed by atoms with Crippen LogP contribution in [0.1, 0.15) is 42.0 Å². The molecular weight excluding hydrogens is 456 g/mol. The van der Waals surface area contributed by atoms with Crippen molar-refractivity contribution >= 4 is 5.57 Å². The summed E-state index contributed by atoms with van der Waals surface area (Å²) in [4.78, 5) is 0. The second-order valence-corrected chi connectivity index (χ2v) is 10.2. The molecule has 37 heavy (non-hydrogen) atoms. The average Bonchev–Trinajstić information content (AvgIpc) is 3.37. The highest BCUT2D eigenvalue weighted by Crippen LogP contribution is 2.43. The molecule has 3 nitrogen and oxygen atoms in total. The van der Waals surface area contributed by atoms with Crippen LogP contribution < -0.4 is 0 Å². The Morgan fingerprint density at radius 1 is 0.676 bits per heavy atom. The van der Waals surface area contributed by atoms with Gasteiger partial charge in [0.2, 0.25) is 0 Å². The maximum absolute atomic E-state index is 11.1. The van der Waals surface area contributed by atoms with E-state index >= 15 is 0 Å². The summed E-state index contributed by atoms with van der Waals surface area (Å²) in [7, 11) is 0. The number of allylic oxidation sites excluding steroid dienone is 4. The molecule has 2 atom stereocenters. The first-order valence-electron chi connectivity index (χ1n) is 12.8. The van der Waals surface area contributed by atoms with Gasteiger partial charge < -0.3 is 15.3 Å². The molecule has 0 fully saturated rings. The Balaban J connectivity index is 1.58. The van der Waals surface area contributed by atoms with Crippen LogP contribution in [0.2, 0.25) is 0 Å². The zero-order valence-electron chi connectivity index (χ0n) is 21.2. The van der Waals surface area contributed by atoms with E-state index in [2.05, 4.69) is 62.4 Å². The first-order chi connectivity index (χ1) is 17.9. The summed E-state index contributed by atoms with van der Waals surface area (Å²) in [6, 6.07) is 28.9. The average molecular weight is 489 g/mol. The fraction of sp³-hybridized carbons (Fsp3) is 0.176. The molecule has 3 N–H and O–H groups in total. The fourth-order valence-electron chi connectivity index (χ4n) is 5.17. The quantitative estimate of drug-likeness (QED) is 0.246. The van der Waals surface area contributed by atoms with Crippen LogP contribution in [0.15, 0.2) is 109 Å². The van der Waals surface area contributed by atoms with Gasteiger partial charge in [-0.1, -0.05) is 86.7 Å². The van der Waals surface area contributed by atoms with Crippen LogP contribution in [0.25, 0.3) is 16.7 Å². The second kappa shape index (κ2) is 10.4. The lowest BCUT2D eigenvalue weighted by atomic mass is 9.79. The molecule has 5 rings (SSSR count). The van der Waals surface area contributed by atoms with E-state index in [1.165, 1.54) is 5.56 Å². The molecule has 3 heteroatoms. The number of aromatic hydroxyl groups is 3. The highest BCUT2D eigenvalue weighted by Gasteiger charge is 2.27. The molecule has 0 heterocycles. The number of hydrogen-bond donors (Lipinski definition) is 3. The Labute approximate surface area is 218 Å². The minimum atomic E-state index is -0.0870. The highest BCUT2D eigenvalue weighted by molar-refractivity contribution is 5.78. The van der Waals surface area contributed by atoms with Crippen molar-refractivity contribution in [1.82, 2.24) is 0 Å². The van der Waals surface area contributed by atoms with Gasteiger partial charge in [0.05, 0.1) is 0 Å². The molecule has 0 saturated heterocycles. The van der Waals surface area contributed by atoms with Crippen LogP contribution in [0.4, 0.5) is 0 Å². The van der Waals surface area contributed by atoms with Crippen molar-refractivity contribution in [3.05, 3.63) is 131 Å². The minimum absolute atomic E-state index is 0.0423. The third-order valence-corrected chi connectivity index (χ3v) is 7.00. The summed E-state index contributed by atoms with van der Waals surface area (Å²) in [6.07, 6.45) is 7.59. The Morgan fingerprint density at radius 2 is 1.27 bits per heavy atom. The van der Waals surface area contributed by atoms with Crippen LogP contribution in [-0.2, 0) is 6.42 Å². The molecular formula is C34H32O3. The predicted octanol–water partition coefficient (Wildman–Crippen LogP) is 8.07. The van der Waals surface area contributed by atoms with Gasteiger partial charge in [-0.3, -0.25) is 0 Å². The van der Waals surface area contributed by atoms with Gasteiger partial charge in [-0.15, -0.1) is 0 Å². The van der Waals surface area contributed by atoms with Crippen LogP contribution in [0.5, 0.6) is 17.2 Å². The molecule has 0 radical (unpaired) electrons. The van der Waals surface area contributed by atoms with Crippen molar-refractivity contribution < 1.29 is 15.3 Å². The smallest absolute Gasteiger partial charge is 0.119 e. The maximum atomic E-state index is 11.1. The van der Waals surface area contributed by atoms with E-state index in [4.69, 9.17) is 0 Å². The van der Waals surface area contributed by atoms with Gasteiger partial charge in [0, 0.05) is 17.4 Å². The van der Waals surface area contributed by atoms with E-state index < -0.39 is 0 Å². The third kappa shape index (κ3) is 5.46. The summed E-state index contributed by atoms with van der Waals surface area (Å²) >= 11 is 0. The van der Waals surface area contributed by atoms with Gasteiger partial charge in [-0.25, -0.2) is 0 Å². The zero-order valence-corrected chi connectivity index (χ0v) is 21.2. The SMILES string of the molecule is CC(C)Cc1ccc(C(c2cc(-c3ccc(O)cc3)ccc2O)C2C=CC(c3ccc(O)cc3)=C2)cc1. The standard InChI is InChI=1S/C34H32O3/c1-22(2)19-23-3-5-26(6-4-23)34(29-8-7-27(20-29)24-9-14-30(35)15-10-24)32-21-28(13-18-33(32)37)25-11-16-31(36)17-12-25/h3-18,20-22,29,34-37H,19H2,1-2H3. The minimum Gasteiger partial charge on any atom is -0.508 e. The lowest BCUT2D eigenvalue weighted by molar-refractivity contribution is 0.461. The molecule has 2 unspecified atom stereocenters. The Kier molecular flexibility index (Phi) is 6.87. The number of phenolic OH excluding ortho intramolecular Hbond substituents is 3. The van der Waals surface area contributed by atoms with Gasteiger partial charge in [0.15, 0.2) is 0 Å². The van der Waals surface area contributed by atoms with Gasteiger partial charge in [-0.2, -0.15) is 0 Å². The van der Waals surface area contributed by atoms with E-state index in [9.17, 15) is 15.3 Å². The van der Waals surface area contributed by atoms with Crippen LogP contribution in [-0.4, -0.2) is 15.3 Å². The zero-order chi connectivity index (χ0) is 25.9. The summed E-state index contributed by atoms with van der Waals surface area (Å²) in [6.45, 7) is 4.45. The summed E-state index contributed by atoms with van der Waals surface area (Å²) in [5.74, 6) is 1.28. The number of rotatable bonds is 7. The molecule has 0 saturated carbocycles. The van der Waals surface area contributed by atoms with Gasteiger partial charge in [0.1, 0.15) is 17.2 Å². The van der Waals surface area contributed by atoms with Gasteiger partial charge >= 0.3 is 0 Å². The summed E-state index contributed by atoms with van der Waals surface area (Å²) in [5.41, 5.74) is 7.42. The van der Waals surface area contributed by atoms with Crippen molar-refractivity contribution in [1.29, 1.82) is 0 Å². The summed E-state index contributed by atoms with van der Waals surface area (Å²) in [5, 5.41) is 30.5. The van der Waals surface area contributed by atoms with Crippen molar-refractivity contribution in [3.63, 3.8) is 0 Å². The van der Waals surface area contributed by atoms with Crippen LogP contribution in [0, 0.1) is 11.8 Å². The highest BCUT2D eigenvalue weighted by atomic mass is 16.3. The van der Waals surface area contributed by atoms with E-state index in [-0.39, 0.29) is 29.1 Å². The number of benzene rings is 4. The third-order valence-electron chi connectivity index (χ3n) is 7.00. The second-order valence-electron chi connectivity index (χ2n) is 10.2. The number of hydrogen-bond acceptors (Lipinski definition) is 3. The van der Waals surface area contributed by atoms with Crippen molar-refractivity contribution in [2.24, 2.45) is 11.8 Å². The normalized spacial score (nSPS) is 15.6. The molecule has 0 aliphatic heterocycles. The molecule has 0 aromatic heterocycles. The molecule has 4 aromatic carbocycles. The monoisotopic (exact) mass is 488 g/mol. The Bertz CT molecular complexity index is 1430. The maximum Gasteiger partial charge on any atom is 0.119 e. The first-order valence-corrected chi connectivity index (χ1v) is 12.8.